The lowest BCUT2D eigenvalue weighted by molar-refractivity contribution is 0.895. The van der Waals surface area contributed by atoms with Crippen LogP contribution in [0.1, 0.15) is 87.0 Å². The van der Waals surface area contributed by atoms with Crippen molar-refractivity contribution in [3.8, 4) is 0 Å². The summed E-state index contributed by atoms with van der Waals surface area (Å²) in [6.45, 7) is 8.81. The Morgan fingerprint density at radius 2 is 0.971 bits per heavy atom. The molecule has 184 valence electrons. The fraction of sp³-hybridized carbons (Fsp3) is 0.387. The Morgan fingerprint density at radius 1 is 0.629 bits per heavy atom. The maximum atomic E-state index is 6.47. The molecule has 0 aliphatic carbocycles. The second-order valence-corrected chi connectivity index (χ2v) is 9.44. The molecular formula is C31H38ClN3. The zero-order valence-electron chi connectivity index (χ0n) is 21.6. The van der Waals surface area contributed by atoms with E-state index in [2.05, 4.69) is 64.1 Å². The Hall–Kier alpha value is -2.78. The number of hydrogen-bond donors (Lipinski definition) is 0. The molecule has 3 rings (SSSR count). The van der Waals surface area contributed by atoms with Gasteiger partial charge in [-0.2, -0.15) is 0 Å². The summed E-state index contributed by atoms with van der Waals surface area (Å²) < 4.78 is 0. The van der Waals surface area contributed by atoms with E-state index in [4.69, 9.17) is 26.6 Å². The Morgan fingerprint density at radius 3 is 1.29 bits per heavy atom. The number of aliphatic imine (C=N–C) groups is 2. The molecule has 0 saturated heterocycles. The molecule has 0 radical (unpaired) electrons. The number of halogens is 1. The van der Waals surface area contributed by atoms with Gasteiger partial charge in [0.2, 0.25) is 0 Å². The van der Waals surface area contributed by atoms with Gasteiger partial charge in [0.25, 0.3) is 0 Å². The molecule has 1 heterocycles. The van der Waals surface area contributed by atoms with E-state index < -0.39 is 0 Å². The largest absolute Gasteiger partial charge is 0.254 e. The second kappa shape index (κ2) is 13.9. The van der Waals surface area contributed by atoms with Crippen molar-refractivity contribution in [2.24, 2.45) is 9.98 Å². The third-order valence-corrected chi connectivity index (χ3v) is 6.18. The number of nitrogens with zero attached hydrogens (tertiary/aromatic N) is 3. The molecule has 0 unspecified atom stereocenters. The minimum Gasteiger partial charge on any atom is -0.254 e. The van der Waals surface area contributed by atoms with Crippen LogP contribution in [-0.2, 0) is 25.7 Å². The van der Waals surface area contributed by atoms with Gasteiger partial charge < -0.3 is 0 Å². The highest BCUT2D eigenvalue weighted by atomic mass is 35.5. The van der Waals surface area contributed by atoms with Gasteiger partial charge in [-0.1, -0.05) is 101 Å². The fourth-order valence-electron chi connectivity index (χ4n) is 4.44. The van der Waals surface area contributed by atoms with Crippen molar-refractivity contribution in [2.45, 2.75) is 79.1 Å². The number of rotatable bonds is 12. The van der Waals surface area contributed by atoms with Crippen LogP contribution < -0.4 is 0 Å². The normalized spacial score (nSPS) is 11.7. The van der Waals surface area contributed by atoms with Crippen LogP contribution in [0.3, 0.4) is 0 Å². The minimum absolute atomic E-state index is 0.633. The van der Waals surface area contributed by atoms with E-state index >= 15 is 0 Å². The number of pyridine rings is 1. The lowest BCUT2D eigenvalue weighted by atomic mass is 10.0. The van der Waals surface area contributed by atoms with E-state index in [9.17, 15) is 0 Å². The number of para-hydroxylation sites is 2. The van der Waals surface area contributed by atoms with E-state index in [-0.39, 0.29) is 0 Å². The van der Waals surface area contributed by atoms with Crippen molar-refractivity contribution in [3.63, 3.8) is 0 Å². The summed E-state index contributed by atoms with van der Waals surface area (Å²) in [6, 6.07) is 16.7. The maximum absolute atomic E-state index is 6.47. The number of aromatic nitrogens is 1. The summed E-state index contributed by atoms with van der Waals surface area (Å²) in [5, 5.41) is 0.633. The molecule has 0 atom stereocenters. The minimum atomic E-state index is 0.633. The van der Waals surface area contributed by atoms with Gasteiger partial charge in [0.1, 0.15) is 0 Å². The summed E-state index contributed by atoms with van der Waals surface area (Å²) in [5.41, 5.74) is 8.77. The predicted molar refractivity (Wildman–Crippen MR) is 153 cm³/mol. The molecule has 0 aliphatic heterocycles. The van der Waals surface area contributed by atoms with E-state index in [1.54, 1.807) is 0 Å². The first-order valence-corrected chi connectivity index (χ1v) is 13.4. The topological polar surface area (TPSA) is 37.6 Å². The molecule has 0 aliphatic rings. The van der Waals surface area contributed by atoms with Crippen molar-refractivity contribution in [2.75, 3.05) is 0 Å². The molecule has 0 fully saturated rings. The molecule has 2 aromatic carbocycles. The Kier molecular flexibility index (Phi) is 10.7. The molecule has 0 N–H and O–H groups in total. The van der Waals surface area contributed by atoms with Crippen LogP contribution in [-0.4, -0.2) is 17.4 Å². The molecule has 1 aromatic heterocycles. The molecule has 0 spiro atoms. The molecule has 0 amide bonds. The molecular weight excluding hydrogens is 450 g/mol. The average Bonchev–Trinajstić information content (AvgIpc) is 2.84. The highest BCUT2D eigenvalue weighted by Crippen LogP contribution is 2.28. The van der Waals surface area contributed by atoms with Crippen molar-refractivity contribution in [3.05, 3.63) is 87.2 Å². The Balaban J connectivity index is 1.94. The van der Waals surface area contributed by atoms with E-state index in [0.29, 0.717) is 5.02 Å². The van der Waals surface area contributed by atoms with Crippen LogP contribution in [0.15, 0.2) is 58.5 Å². The first-order valence-electron chi connectivity index (χ1n) is 13.1. The number of benzene rings is 2. The third-order valence-electron chi connectivity index (χ3n) is 5.97. The van der Waals surface area contributed by atoms with Crippen LogP contribution >= 0.6 is 11.6 Å². The van der Waals surface area contributed by atoms with Crippen LogP contribution in [0.4, 0.5) is 11.4 Å². The summed E-state index contributed by atoms with van der Waals surface area (Å²) in [5.74, 6) is 0. The first-order chi connectivity index (χ1) is 17.1. The predicted octanol–water partition coefficient (Wildman–Crippen LogP) is 9.05. The van der Waals surface area contributed by atoms with Gasteiger partial charge in [-0.15, -0.1) is 0 Å². The van der Waals surface area contributed by atoms with Crippen molar-refractivity contribution in [1.29, 1.82) is 0 Å². The zero-order valence-corrected chi connectivity index (χ0v) is 22.4. The number of hydrogen-bond acceptors (Lipinski definition) is 3. The van der Waals surface area contributed by atoms with Crippen LogP contribution in [0.2, 0.25) is 5.02 Å². The van der Waals surface area contributed by atoms with Gasteiger partial charge >= 0.3 is 0 Å². The quantitative estimate of drug-likeness (QED) is 0.235. The van der Waals surface area contributed by atoms with Crippen LogP contribution in [0, 0.1) is 0 Å². The zero-order chi connectivity index (χ0) is 25.0. The second-order valence-electron chi connectivity index (χ2n) is 9.00. The van der Waals surface area contributed by atoms with Gasteiger partial charge in [0, 0.05) is 5.02 Å². The van der Waals surface area contributed by atoms with Crippen molar-refractivity contribution in [1.82, 2.24) is 4.98 Å². The standard InChI is InChI=1S/C31H38ClN3/c1-5-11-23-15-9-16-24(12-6-2)30(23)33-21-28-19-27(32)20-29(35-28)22-34-31-25(13-7-3)17-10-18-26(31)14-8-4/h9-10,15-22H,5-8,11-14H2,1-4H3. The Labute approximate surface area is 216 Å². The SMILES string of the molecule is CCCc1cccc(CCC)c1N=Cc1cc(Cl)cc(C=Nc2c(CCC)cccc2CCC)n1. The smallest absolute Gasteiger partial charge is 0.0835 e. The molecule has 0 saturated carbocycles. The van der Waals surface area contributed by atoms with Crippen molar-refractivity contribution >= 4 is 35.4 Å². The summed E-state index contributed by atoms with van der Waals surface area (Å²) >= 11 is 6.47. The highest BCUT2D eigenvalue weighted by Gasteiger charge is 2.08. The number of aryl methyl sites for hydroxylation is 4. The summed E-state index contributed by atoms with van der Waals surface area (Å²) in [4.78, 5) is 14.6. The van der Waals surface area contributed by atoms with Crippen LogP contribution in [0.5, 0.6) is 0 Å². The lowest BCUT2D eigenvalue weighted by Gasteiger charge is -2.10. The van der Waals surface area contributed by atoms with E-state index in [1.165, 1.54) is 22.3 Å². The van der Waals surface area contributed by atoms with Gasteiger partial charge in [-0.05, 0) is 60.1 Å². The Bertz CT molecular complexity index is 1030. The maximum Gasteiger partial charge on any atom is 0.0835 e. The molecule has 0 bridgehead atoms. The van der Waals surface area contributed by atoms with Crippen LogP contribution in [0.25, 0.3) is 0 Å². The highest BCUT2D eigenvalue weighted by molar-refractivity contribution is 6.31. The molecule has 3 aromatic rings. The lowest BCUT2D eigenvalue weighted by Crippen LogP contribution is -1.97. The van der Waals surface area contributed by atoms with Gasteiger partial charge in [-0.3, -0.25) is 9.98 Å². The monoisotopic (exact) mass is 487 g/mol. The fourth-order valence-corrected chi connectivity index (χ4v) is 4.66. The van der Waals surface area contributed by atoms with Gasteiger partial charge in [0.15, 0.2) is 0 Å². The summed E-state index contributed by atoms with van der Waals surface area (Å²) in [6.07, 6.45) is 12.1. The average molecular weight is 488 g/mol. The third kappa shape index (κ3) is 7.60. The first kappa shape index (κ1) is 26.8. The molecule has 35 heavy (non-hydrogen) atoms. The van der Waals surface area contributed by atoms with Gasteiger partial charge in [0.05, 0.1) is 35.2 Å². The van der Waals surface area contributed by atoms with Gasteiger partial charge in [-0.25, -0.2) is 4.98 Å². The van der Waals surface area contributed by atoms with E-state index in [0.717, 1.165) is 74.1 Å². The molecule has 3 nitrogen and oxygen atoms in total. The van der Waals surface area contributed by atoms with E-state index in [1.807, 2.05) is 24.6 Å². The van der Waals surface area contributed by atoms with Crippen molar-refractivity contribution < 1.29 is 0 Å². The molecule has 4 heteroatoms. The summed E-state index contributed by atoms with van der Waals surface area (Å²) in [7, 11) is 0.